The Bertz CT molecular complexity index is 910. The van der Waals surface area contributed by atoms with Gasteiger partial charge in [0, 0.05) is 24.4 Å². The zero-order chi connectivity index (χ0) is 24.3. The van der Waals surface area contributed by atoms with Crippen LogP contribution in [0.2, 0.25) is 0 Å². The Morgan fingerprint density at radius 3 is 2.52 bits per heavy atom. The summed E-state index contributed by atoms with van der Waals surface area (Å²) in [6.07, 6.45) is -7.69. The average molecular weight is 491 g/mol. The molecule has 7 N–H and O–H groups in total. The predicted octanol–water partition coefficient (Wildman–Crippen LogP) is 0.534. The van der Waals surface area contributed by atoms with Crippen molar-refractivity contribution in [3.05, 3.63) is 46.0 Å². The predicted molar refractivity (Wildman–Crippen MR) is 113 cm³/mol. The lowest BCUT2D eigenvalue weighted by Gasteiger charge is -2.36. The van der Waals surface area contributed by atoms with Crippen molar-refractivity contribution in [3.63, 3.8) is 0 Å². The highest BCUT2D eigenvalue weighted by Gasteiger charge is 2.59. The van der Waals surface area contributed by atoms with Gasteiger partial charge >= 0.3 is 6.18 Å². The van der Waals surface area contributed by atoms with Crippen molar-refractivity contribution in [2.75, 3.05) is 26.3 Å². The first-order valence-electron chi connectivity index (χ1n) is 9.92. The van der Waals surface area contributed by atoms with Crippen LogP contribution in [-0.2, 0) is 14.4 Å². The van der Waals surface area contributed by atoms with E-state index in [9.17, 15) is 22.8 Å². The van der Waals surface area contributed by atoms with Crippen LogP contribution in [-0.4, -0.2) is 66.5 Å². The second-order valence-corrected chi connectivity index (χ2v) is 8.14. The fourth-order valence-corrected chi connectivity index (χ4v) is 3.73. The zero-order valence-corrected chi connectivity index (χ0v) is 18.5. The Labute approximate surface area is 192 Å². The molecule has 0 saturated carbocycles. The van der Waals surface area contributed by atoms with Crippen LogP contribution in [0.5, 0.6) is 0 Å². The van der Waals surface area contributed by atoms with Crippen molar-refractivity contribution < 1.29 is 32.3 Å². The summed E-state index contributed by atoms with van der Waals surface area (Å²) in [7, 11) is 0. The third kappa shape index (κ3) is 5.96. The zero-order valence-electron chi connectivity index (χ0n) is 17.7. The van der Waals surface area contributed by atoms with Crippen molar-refractivity contribution in [1.29, 1.82) is 0 Å². The van der Waals surface area contributed by atoms with Crippen LogP contribution >= 0.6 is 11.9 Å². The number of nitrogens with one attached hydrogen (secondary N) is 1. The van der Waals surface area contributed by atoms with Crippen LogP contribution in [0.3, 0.4) is 0 Å². The number of allylic oxidation sites excluding steroid dienone is 1. The maximum absolute atomic E-state index is 12.8. The average Bonchev–Trinajstić information content (AvgIpc) is 3.59. The van der Waals surface area contributed by atoms with Crippen molar-refractivity contribution in [3.8, 4) is 0 Å². The summed E-state index contributed by atoms with van der Waals surface area (Å²) in [4.78, 5) is 31.6. The number of halogens is 3. The first-order chi connectivity index (χ1) is 15.5. The topological polar surface area (TPSA) is 152 Å². The monoisotopic (exact) mass is 490 g/mol. The number of nitrogens with zero attached hydrogens (tertiary/aromatic N) is 2. The molecule has 0 radical (unpaired) electrons. The summed E-state index contributed by atoms with van der Waals surface area (Å²) in [5.74, 6) is -0.763. The van der Waals surface area contributed by atoms with Gasteiger partial charge in [-0.05, 0) is 36.6 Å². The Hall–Kier alpha value is -2.36. The summed E-state index contributed by atoms with van der Waals surface area (Å²) in [6, 6.07) is 5.37. The number of carbonyl (C=O) groups excluding carboxylic acids is 2. The van der Waals surface area contributed by atoms with Crippen molar-refractivity contribution in [1.82, 2.24) is 15.3 Å². The molecule has 2 amide bonds. The number of hydrogen-bond acceptors (Lipinski definition) is 9. The molecular formula is C19H25F3N6O4S. The van der Waals surface area contributed by atoms with Gasteiger partial charge < -0.3 is 26.4 Å². The second-order valence-electron chi connectivity index (χ2n) is 7.49. The molecule has 1 aromatic carbocycles. The highest BCUT2D eigenvalue weighted by Crippen LogP contribution is 2.40. The molecule has 0 aromatic heterocycles. The minimum absolute atomic E-state index is 0.118. The van der Waals surface area contributed by atoms with E-state index in [1.54, 1.807) is 11.8 Å². The van der Waals surface area contributed by atoms with Gasteiger partial charge in [0.15, 0.2) is 0 Å². The Balaban J connectivity index is 1.58. The van der Waals surface area contributed by atoms with Crippen LogP contribution in [0.15, 0.2) is 34.9 Å². The SMILES string of the molecule is C/C(N)=C(/SN)C(=O)N1CCOC[C@H]1CNC(=O)c1ccc(C(N)N2O[C@H]2C(F)(F)F)cc1. The number of amides is 2. The molecule has 2 unspecified atom stereocenters. The molecule has 0 bridgehead atoms. The molecule has 2 aliphatic rings. The quantitative estimate of drug-likeness (QED) is 0.244. The van der Waals surface area contributed by atoms with Gasteiger partial charge in [-0.25, -0.2) is 0 Å². The number of morpholine rings is 1. The van der Waals surface area contributed by atoms with Crippen molar-refractivity contribution >= 4 is 23.8 Å². The third-order valence-electron chi connectivity index (χ3n) is 5.13. The van der Waals surface area contributed by atoms with E-state index < -0.39 is 30.5 Å². The van der Waals surface area contributed by atoms with E-state index in [4.69, 9.17) is 21.3 Å². The number of rotatable bonds is 7. The lowest BCUT2D eigenvalue weighted by molar-refractivity contribution is -0.148. The van der Waals surface area contributed by atoms with Gasteiger partial charge in [0.2, 0.25) is 0 Å². The molecule has 10 nitrogen and oxygen atoms in total. The number of hydroxylamine groups is 2. The molecule has 2 fully saturated rings. The summed E-state index contributed by atoms with van der Waals surface area (Å²) in [6.45, 7) is 2.59. The lowest BCUT2D eigenvalue weighted by atomic mass is 10.1. The smallest absolute Gasteiger partial charge is 0.401 e. The first-order valence-corrected chi connectivity index (χ1v) is 10.8. The summed E-state index contributed by atoms with van der Waals surface area (Å²) < 4.78 is 43.3. The molecular weight excluding hydrogens is 465 g/mol. The number of alkyl halides is 3. The number of nitrogens with two attached hydrogens (primary N) is 3. The molecule has 2 saturated heterocycles. The maximum Gasteiger partial charge on any atom is 0.432 e. The van der Waals surface area contributed by atoms with Gasteiger partial charge in [-0.15, -0.1) is 5.06 Å². The van der Waals surface area contributed by atoms with E-state index in [2.05, 4.69) is 10.2 Å². The molecule has 2 aliphatic heterocycles. The minimum atomic E-state index is -4.53. The molecule has 3 rings (SSSR count). The summed E-state index contributed by atoms with van der Waals surface area (Å²) in [5, 5.41) is 8.94. The third-order valence-corrected chi connectivity index (χ3v) is 5.86. The van der Waals surface area contributed by atoms with E-state index in [0.29, 0.717) is 29.5 Å². The van der Waals surface area contributed by atoms with Crippen molar-refractivity contribution in [2.24, 2.45) is 16.6 Å². The van der Waals surface area contributed by atoms with Crippen LogP contribution < -0.4 is 21.9 Å². The normalized spacial score (nSPS) is 24.7. The van der Waals surface area contributed by atoms with Crippen LogP contribution in [0, 0.1) is 0 Å². The lowest BCUT2D eigenvalue weighted by Crippen LogP contribution is -2.54. The first kappa shape index (κ1) is 25.3. The highest BCUT2D eigenvalue weighted by molar-refractivity contribution is 8.01. The molecule has 1 aromatic rings. The van der Waals surface area contributed by atoms with Gasteiger partial charge in [-0.1, -0.05) is 12.1 Å². The Morgan fingerprint density at radius 2 is 1.97 bits per heavy atom. The largest absolute Gasteiger partial charge is 0.432 e. The minimum Gasteiger partial charge on any atom is -0.401 e. The molecule has 2 heterocycles. The van der Waals surface area contributed by atoms with Crippen LogP contribution in [0.1, 0.15) is 29.0 Å². The molecule has 4 atom stereocenters. The molecule has 0 aliphatic carbocycles. The number of ether oxygens (including phenoxy) is 1. The molecule has 182 valence electrons. The van der Waals surface area contributed by atoms with Gasteiger partial charge in [-0.2, -0.15) is 13.2 Å². The fraction of sp³-hybridized carbons (Fsp3) is 0.474. The summed E-state index contributed by atoms with van der Waals surface area (Å²) >= 11 is 0.765. The number of benzene rings is 1. The van der Waals surface area contributed by atoms with Crippen LogP contribution in [0.4, 0.5) is 13.2 Å². The van der Waals surface area contributed by atoms with E-state index in [-0.39, 0.29) is 29.5 Å². The highest BCUT2D eigenvalue weighted by atomic mass is 32.2. The number of hydrogen-bond donors (Lipinski definition) is 4. The van der Waals surface area contributed by atoms with Gasteiger partial charge in [0.05, 0.1) is 19.3 Å². The van der Waals surface area contributed by atoms with E-state index in [1.165, 1.54) is 24.3 Å². The van der Waals surface area contributed by atoms with Gasteiger partial charge in [0.1, 0.15) is 11.1 Å². The molecule has 33 heavy (non-hydrogen) atoms. The van der Waals surface area contributed by atoms with Crippen LogP contribution in [0.25, 0.3) is 0 Å². The van der Waals surface area contributed by atoms with Crippen molar-refractivity contribution in [2.45, 2.75) is 31.5 Å². The fourth-order valence-electron chi connectivity index (χ4n) is 3.33. The van der Waals surface area contributed by atoms with Gasteiger partial charge in [-0.3, -0.25) is 19.6 Å². The Kier molecular flexibility index (Phi) is 7.87. The summed E-state index contributed by atoms with van der Waals surface area (Å²) in [5.41, 5.74) is 12.5. The number of carbonyl (C=O) groups is 2. The molecule has 14 heteroatoms. The standard InChI is InChI=1S/C19H25F3N6O4S/c1-10(23)14(33-25)17(30)27-6-7-31-9-13(27)8-26-16(29)12-4-2-11(3-5-12)15(24)28-18(32-28)19(20,21)22/h2-5,13,15,18H,6-9,23-25H2,1H3,(H,26,29)/b14-10-/t13-,15?,18+,28?/m1/s1. The van der Waals surface area contributed by atoms with E-state index >= 15 is 0 Å². The van der Waals surface area contributed by atoms with E-state index in [0.717, 1.165) is 11.9 Å². The van der Waals surface area contributed by atoms with Gasteiger partial charge in [0.25, 0.3) is 18.0 Å². The molecule has 0 spiro atoms. The second kappa shape index (κ2) is 10.3. The Morgan fingerprint density at radius 1 is 1.30 bits per heavy atom. The maximum atomic E-state index is 12.8. The van der Waals surface area contributed by atoms with E-state index in [1.807, 2.05) is 0 Å².